The lowest BCUT2D eigenvalue weighted by atomic mass is 9.99. The normalized spacial score (nSPS) is 14.2. The summed E-state index contributed by atoms with van der Waals surface area (Å²) >= 11 is 0. The molecule has 0 spiro atoms. The molecule has 0 atom stereocenters. The van der Waals surface area contributed by atoms with Gasteiger partial charge in [0, 0.05) is 24.3 Å². The largest absolute Gasteiger partial charge is 0.335 e. The van der Waals surface area contributed by atoms with E-state index in [-0.39, 0.29) is 5.91 Å². The zero-order valence-corrected chi connectivity index (χ0v) is 13.7. The average molecular weight is 330 g/mol. The summed E-state index contributed by atoms with van der Waals surface area (Å²) in [5.41, 5.74) is 4.19. The van der Waals surface area contributed by atoms with Crippen molar-refractivity contribution in [2.75, 3.05) is 13.1 Å². The molecule has 124 valence electrons. The van der Waals surface area contributed by atoms with Crippen LogP contribution in [0.4, 0.5) is 0 Å². The van der Waals surface area contributed by atoms with Crippen molar-refractivity contribution >= 4 is 11.5 Å². The standard InChI is InChI=1S/C20H18N4O/c25-20(18-6-8-19(9-7-18)24-14-21-22-15-24)23-12-10-17(11-13-23)16-4-2-1-3-5-16/h1-10,14-15H,11-13H2. The molecule has 5 heteroatoms. The molecule has 0 fully saturated rings. The third-order valence-electron chi connectivity index (χ3n) is 4.47. The SMILES string of the molecule is O=C(c1ccc(-n2cnnc2)cc1)N1CC=C(c2ccccc2)CC1. The van der Waals surface area contributed by atoms with Gasteiger partial charge in [0.05, 0.1) is 0 Å². The van der Waals surface area contributed by atoms with Gasteiger partial charge in [-0.15, -0.1) is 10.2 Å². The monoisotopic (exact) mass is 330 g/mol. The molecule has 1 aliphatic heterocycles. The van der Waals surface area contributed by atoms with Crippen molar-refractivity contribution in [3.63, 3.8) is 0 Å². The van der Waals surface area contributed by atoms with Gasteiger partial charge in [-0.3, -0.25) is 9.36 Å². The fourth-order valence-corrected chi connectivity index (χ4v) is 3.06. The predicted octanol–water partition coefficient (Wildman–Crippen LogP) is 3.20. The Morgan fingerprint density at radius 3 is 2.28 bits per heavy atom. The minimum absolute atomic E-state index is 0.0682. The summed E-state index contributed by atoms with van der Waals surface area (Å²) < 4.78 is 1.81. The van der Waals surface area contributed by atoms with E-state index >= 15 is 0 Å². The summed E-state index contributed by atoms with van der Waals surface area (Å²) in [6.45, 7) is 1.39. The van der Waals surface area contributed by atoms with Crippen molar-refractivity contribution in [3.8, 4) is 5.69 Å². The van der Waals surface area contributed by atoms with Gasteiger partial charge < -0.3 is 4.90 Å². The van der Waals surface area contributed by atoms with Crippen LogP contribution in [0.5, 0.6) is 0 Å². The van der Waals surface area contributed by atoms with Crippen molar-refractivity contribution in [2.24, 2.45) is 0 Å². The highest BCUT2D eigenvalue weighted by Gasteiger charge is 2.19. The second-order valence-electron chi connectivity index (χ2n) is 6.01. The Bertz CT molecular complexity index is 883. The van der Waals surface area contributed by atoms with Gasteiger partial charge in [0.15, 0.2) is 0 Å². The van der Waals surface area contributed by atoms with Crippen LogP contribution in [0.25, 0.3) is 11.3 Å². The molecule has 0 N–H and O–H groups in total. The van der Waals surface area contributed by atoms with Crippen molar-refractivity contribution in [3.05, 3.63) is 84.5 Å². The highest BCUT2D eigenvalue weighted by molar-refractivity contribution is 5.95. The molecule has 0 saturated carbocycles. The molecular weight excluding hydrogens is 312 g/mol. The molecule has 0 aliphatic carbocycles. The maximum Gasteiger partial charge on any atom is 0.254 e. The quantitative estimate of drug-likeness (QED) is 0.741. The molecule has 1 aliphatic rings. The Kier molecular flexibility index (Phi) is 4.12. The Balaban J connectivity index is 1.46. The van der Waals surface area contributed by atoms with E-state index in [1.807, 2.05) is 51.9 Å². The molecule has 0 bridgehead atoms. The molecule has 5 nitrogen and oxygen atoms in total. The molecule has 2 aromatic carbocycles. The molecule has 0 radical (unpaired) electrons. The molecule has 0 saturated heterocycles. The maximum absolute atomic E-state index is 12.7. The lowest BCUT2D eigenvalue weighted by molar-refractivity contribution is 0.0773. The summed E-state index contributed by atoms with van der Waals surface area (Å²) in [6, 6.07) is 17.9. The highest BCUT2D eigenvalue weighted by atomic mass is 16.2. The van der Waals surface area contributed by atoms with Gasteiger partial charge in [0.1, 0.15) is 12.7 Å². The van der Waals surface area contributed by atoms with Crippen LogP contribution in [0.1, 0.15) is 22.3 Å². The van der Waals surface area contributed by atoms with Crippen LogP contribution in [-0.4, -0.2) is 38.7 Å². The number of amides is 1. The van der Waals surface area contributed by atoms with Gasteiger partial charge >= 0.3 is 0 Å². The predicted molar refractivity (Wildman–Crippen MR) is 96.3 cm³/mol. The molecule has 25 heavy (non-hydrogen) atoms. The van der Waals surface area contributed by atoms with E-state index in [2.05, 4.69) is 28.4 Å². The first-order chi connectivity index (χ1) is 12.3. The van der Waals surface area contributed by atoms with Crippen LogP contribution in [0.3, 0.4) is 0 Å². The number of carbonyl (C=O) groups is 1. The van der Waals surface area contributed by atoms with Crippen molar-refractivity contribution in [1.29, 1.82) is 0 Å². The van der Waals surface area contributed by atoms with Gasteiger partial charge in [-0.1, -0.05) is 36.4 Å². The lowest BCUT2D eigenvalue weighted by Gasteiger charge is -2.27. The Hall–Kier alpha value is -3.21. The van der Waals surface area contributed by atoms with Gasteiger partial charge in [-0.05, 0) is 41.8 Å². The Labute approximate surface area is 146 Å². The van der Waals surface area contributed by atoms with Crippen LogP contribution in [0.15, 0.2) is 73.3 Å². The van der Waals surface area contributed by atoms with Gasteiger partial charge in [-0.25, -0.2) is 0 Å². The molecule has 4 rings (SSSR count). The van der Waals surface area contributed by atoms with E-state index in [4.69, 9.17) is 0 Å². The first-order valence-corrected chi connectivity index (χ1v) is 8.30. The van der Waals surface area contributed by atoms with Crippen molar-refractivity contribution in [2.45, 2.75) is 6.42 Å². The van der Waals surface area contributed by atoms with Crippen LogP contribution in [0.2, 0.25) is 0 Å². The second kappa shape index (κ2) is 6.73. The lowest BCUT2D eigenvalue weighted by Crippen LogP contribution is -2.34. The molecule has 1 aromatic heterocycles. The Morgan fingerprint density at radius 1 is 0.920 bits per heavy atom. The van der Waals surface area contributed by atoms with Gasteiger partial charge in [-0.2, -0.15) is 0 Å². The van der Waals surface area contributed by atoms with Crippen LogP contribution < -0.4 is 0 Å². The first-order valence-electron chi connectivity index (χ1n) is 8.30. The smallest absolute Gasteiger partial charge is 0.254 e. The van der Waals surface area contributed by atoms with Crippen molar-refractivity contribution in [1.82, 2.24) is 19.7 Å². The Morgan fingerprint density at radius 2 is 1.64 bits per heavy atom. The molecule has 2 heterocycles. The molecular formula is C20H18N4O. The number of aromatic nitrogens is 3. The third-order valence-corrected chi connectivity index (χ3v) is 4.47. The van der Waals surface area contributed by atoms with E-state index in [0.717, 1.165) is 18.7 Å². The van der Waals surface area contributed by atoms with E-state index in [1.165, 1.54) is 11.1 Å². The number of hydrogen-bond acceptors (Lipinski definition) is 3. The summed E-state index contributed by atoms with van der Waals surface area (Å²) in [5, 5.41) is 7.59. The fraction of sp³-hybridized carbons (Fsp3) is 0.150. The van der Waals surface area contributed by atoms with Gasteiger partial charge in [0.25, 0.3) is 5.91 Å². The molecule has 0 unspecified atom stereocenters. The van der Waals surface area contributed by atoms with Crippen LogP contribution >= 0.6 is 0 Å². The van der Waals surface area contributed by atoms with E-state index in [1.54, 1.807) is 12.7 Å². The number of carbonyl (C=O) groups excluding carboxylic acids is 1. The highest BCUT2D eigenvalue weighted by Crippen LogP contribution is 2.23. The number of benzene rings is 2. The average Bonchev–Trinajstić information content (AvgIpc) is 3.23. The van der Waals surface area contributed by atoms with Crippen molar-refractivity contribution < 1.29 is 4.79 Å². The van der Waals surface area contributed by atoms with E-state index < -0.39 is 0 Å². The molecule has 3 aromatic rings. The van der Waals surface area contributed by atoms with Crippen LogP contribution in [-0.2, 0) is 0 Å². The third kappa shape index (κ3) is 3.21. The summed E-state index contributed by atoms with van der Waals surface area (Å²) in [7, 11) is 0. The maximum atomic E-state index is 12.7. The minimum atomic E-state index is 0.0682. The minimum Gasteiger partial charge on any atom is -0.335 e. The fourth-order valence-electron chi connectivity index (χ4n) is 3.06. The van der Waals surface area contributed by atoms with Gasteiger partial charge in [0.2, 0.25) is 0 Å². The van der Waals surface area contributed by atoms with Crippen LogP contribution in [0, 0.1) is 0 Å². The number of rotatable bonds is 3. The van der Waals surface area contributed by atoms with E-state index in [9.17, 15) is 4.79 Å². The second-order valence-corrected chi connectivity index (χ2v) is 6.01. The topological polar surface area (TPSA) is 51.0 Å². The summed E-state index contributed by atoms with van der Waals surface area (Å²) in [5.74, 6) is 0.0682. The number of hydrogen-bond donors (Lipinski definition) is 0. The summed E-state index contributed by atoms with van der Waals surface area (Å²) in [6.07, 6.45) is 6.31. The first kappa shape index (κ1) is 15.3. The van der Waals surface area contributed by atoms with E-state index in [0.29, 0.717) is 12.1 Å². The number of nitrogens with zero attached hydrogens (tertiary/aromatic N) is 4. The summed E-state index contributed by atoms with van der Waals surface area (Å²) in [4.78, 5) is 14.6. The zero-order valence-electron chi connectivity index (χ0n) is 13.7. The molecule has 1 amide bonds. The zero-order chi connectivity index (χ0) is 17.1.